The lowest BCUT2D eigenvalue weighted by Crippen LogP contribution is -2.58. The van der Waals surface area contributed by atoms with E-state index in [1.165, 1.54) is 0 Å². The van der Waals surface area contributed by atoms with Crippen molar-refractivity contribution in [1.82, 2.24) is 4.90 Å². The Morgan fingerprint density at radius 1 is 1.24 bits per heavy atom. The van der Waals surface area contributed by atoms with Crippen LogP contribution < -0.4 is 5.32 Å². The van der Waals surface area contributed by atoms with E-state index in [1.54, 1.807) is 0 Å². The molecule has 0 spiro atoms. The van der Waals surface area contributed by atoms with Crippen LogP contribution >= 0.6 is 0 Å². The van der Waals surface area contributed by atoms with Crippen molar-refractivity contribution in [2.45, 2.75) is 53.1 Å². The standard InChI is InChI=1S/C17H28N2O2/c1-7-19(8-2)15(16(20)21)17(5,6)18-14-12(3)10-9-11-13(14)4/h9-11,15,18H,7-8H2,1-6H3,(H,20,21). The molecule has 4 nitrogen and oxygen atoms in total. The van der Waals surface area contributed by atoms with E-state index in [1.807, 2.05) is 64.6 Å². The van der Waals surface area contributed by atoms with Gasteiger partial charge in [0.2, 0.25) is 0 Å². The highest BCUT2D eigenvalue weighted by Gasteiger charge is 2.39. The summed E-state index contributed by atoms with van der Waals surface area (Å²) in [6, 6.07) is 5.52. The van der Waals surface area contributed by atoms with Crippen molar-refractivity contribution >= 4 is 11.7 Å². The van der Waals surface area contributed by atoms with E-state index >= 15 is 0 Å². The molecule has 1 aromatic rings. The normalized spacial score (nSPS) is 13.3. The Morgan fingerprint density at radius 3 is 2.10 bits per heavy atom. The first kappa shape index (κ1) is 17.5. The van der Waals surface area contributed by atoms with Gasteiger partial charge in [0.15, 0.2) is 0 Å². The van der Waals surface area contributed by atoms with E-state index in [0.717, 1.165) is 16.8 Å². The lowest BCUT2D eigenvalue weighted by atomic mass is 9.91. The summed E-state index contributed by atoms with van der Waals surface area (Å²) in [5, 5.41) is 13.1. The topological polar surface area (TPSA) is 52.6 Å². The number of nitrogens with one attached hydrogen (secondary N) is 1. The van der Waals surface area contributed by atoms with Gasteiger partial charge in [0, 0.05) is 5.69 Å². The van der Waals surface area contributed by atoms with E-state index in [-0.39, 0.29) is 0 Å². The molecule has 0 saturated heterocycles. The minimum atomic E-state index is -0.789. The summed E-state index contributed by atoms with van der Waals surface area (Å²) >= 11 is 0. The molecule has 0 saturated carbocycles. The zero-order chi connectivity index (χ0) is 16.2. The fourth-order valence-electron chi connectivity index (χ4n) is 2.91. The first-order chi connectivity index (χ1) is 9.74. The number of hydrogen-bond donors (Lipinski definition) is 2. The molecule has 1 rings (SSSR count). The Hall–Kier alpha value is -1.55. The molecular weight excluding hydrogens is 264 g/mol. The van der Waals surface area contributed by atoms with Crippen LogP contribution in [0.25, 0.3) is 0 Å². The Balaban J connectivity index is 3.15. The van der Waals surface area contributed by atoms with Crippen molar-refractivity contribution in [2.75, 3.05) is 18.4 Å². The number of anilines is 1. The molecular formula is C17H28N2O2. The van der Waals surface area contributed by atoms with Crippen LogP contribution in [0, 0.1) is 13.8 Å². The highest BCUT2D eigenvalue weighted by Crippen LogP contribution is 2.27. The number of carboxylic acid groups (broad SMARTS) is 1. The predicted molar refractivity (Wildman–Crippen MR) is 88.0 cm³/mol. The Labute approximate surface area is 128 Å². The molecule has 1 aromatic carbocycles. The molecule has 0 amide bonds. The zero-order valence-corrected chi connectivity index (χ0v) is 14.0. The molecule has 0 aliphatic heterocycles. The average Bonchev–Trinajstić information content (AvgIpc) is 2.39. The third-order valence-corrected chi connectivity index (χ3v) is 4.02. The van der Waals surface area contributed by atoms with Crippen LogP contribution in [-0.4, -0.2) is 40.6 Å². The van der Waals surface area contributed by atoms with E-state index in [4.69, 9.17) is 0 Å². The lowest BCUT2D eigenvalue weighted by Gasteiger charge is -2.40. The molecule has 1 atom stereocenters. The molecule has 0 aliphatic carbocycles. The van der Waals surface area contributed by atoms with Gasteiger partial charge in [0.05, 0.1) is 5.54 Å². The van der Waals surface area contributed by atoms with Gasteiger partial charge in [0.25, 0.3) is 0 Å². The molecule has 118 valence electrons. The second-order valence-corrected chi connectivity index (χ2v) is 6.08. The third-order valence-electron chi connectivity index (χ3n) is 4.02. The number of aliphatic carboxylic acids is 1. The number of rotatable bonds is 7. The van der Waals surface area contributed by atoms with Gasteiger partial charge < -0.3 is 10.4 Å². The number of aryl methyl sites for hydroxylation is 2. The third kappa shape index (κ3) is 3.97. The van der Waals surface area contributed by atoms with E-state index in [9.17, 15) is 9.90 Å². The maximum atomic E-state index is 11.8. The summed E-state index contributed by atoms with van der Waals surface area (Å²) in [6.45, 7) is 13.4. The van der Waals surface area contributed by atoms with Gasteiger partial charge in [-0.2, -0.15) is 0 Å². The number of benzene rings is 1. The van der Waals surface area contributed by atoms with Gasteiger partial charge in [-0.15, -0.1) is 0 Å². The molecule has 0 aromatic heterocycles. The number of carboxylic acids is 1. The van der Waals surface area contributed by atoms with Crippen molar-refractivity contribution in [1.29, 1.82) is 0 Å². The van der Waals surface area contributed by atoms with Crippen LogP contribution in [0.3, 0.4) is 0 Å². The summed E-state index contributed by atoms with van der Waals surface area (Å²) in [5.74, 6) is -0.789. The summed E-state index contributed by atoms with van der Waals surface area (Å²) in [7, 11) is 0. The van der Waals surface area contributed by atoms with Crippen LogP contribution in [0.1, 0.15) is 38.8 Å². The van der Waals surface area contributed by atoms with Crippen LogP contribution in [0.2, 0.25) is 0 Å². The second kappa shape index (κ2) is 6.94. The summed E-state index contributed by atoms with van der Waals surface area (Å²) in [5.41, 5.74) is 2.72. The smallest absolute Gasteiger partial charge is 0.323 e. The van der Waals surface area contributed by atoms with E-state index < -0.39 is 17.6 Å². The lowest BCUT2D eigenvalue weighted by molar-refractivity contribution is -0.145. The van der Waals surface area contributed by atoms with Crippen molar-refractivity contribution in [3.8, 4) is 0 Å². The quantitative estimate of drug-likeness (QED) is 0.809. The Morgan fingerprint density at radius 2 is 1.71 bits per heavy atom. The Kier molecular flexibility index (Phi) is 5.78. The molecule has 4 heteroatoms. The van der Waals surface area contributed by atoms with Crippen LogP contribution in [0.5, 0.6) is 0 Å². The number of para-hydroxylation sites is 1. The minimum Gasteiger partial charge on any atom is -0.480 e. The fourth-order valence-corrected chi connectivity index (χ4v) is 2.91. The monoisotopic (exact) mass is 292 g/mol. The highest BCUT2D eigenvalue weighted by molar-refractivity contribution is 5.77. The SMILES string of the molecule is CCN(CC)C(C(=O)O)C(C)(C)Nc1c(C)cccc1C. The average molecular weight is 292 g/mol. The van der Waals surface area contributed by atoms with Crippen molar-refractivity contribution < 1.29 is 9.90 Å². The molecule has 0 fully saturated rings. The van der Waals surface area contributed by atoms with Gasteiger partial charge in [0.1, 0.15) is 6.04 Å². The minimum absolute atomic E-state index is 0.575. The second-order valence-electron chi connectivity index (χ2n) is 6.08. The summed E-state index contributed by atoms with van der Waals surface area (Å²) in [6.07, 6.45) is 0. The highest BCUT2D eigenvalue weighted by atomic mass is 16.4. The summed E-state index contributed by atoms with van der Waals surface area (Å²) in [4.78, 5) is 13.8. The predicted octanol–water partition coefficient (Wildman–Crippen LogP) is 3.29. The fraction of sp³-hybridized carbons (Fsp3) is 0.588. The molecule has 21 heavy (non-hydrogen) atoms. The molecule has 0 radical (unpaired) electrons. The van der Waals surface area contributed by atoms with Crippen molar-refractivity contribution in [3.05, 3.63) is 29.3 Å². The van der Waals surface area contributed by atoms with Crippen molar-refractivity contribution in [2.24, 2.45) is 0 Å². The zero-order valence-electron chi connectivity index (χ0n) is 14.0. The molecule has 2 N–H and O–H groups in total. The first-order valence-corrected chi connectivity index (χ1v) is 7.55. The number of nitrogens with zero attached hydrogens (tertiary/aromatic N) is 1. The largest absolute Gasteiger partial charge is 0.480 e. The van der Waals surface area contributed by atoms with Gasteiger partial charge in [-0.1, -0.05) is 32.0 Å². The summed E-state index contributed by atoms with van der Waals surface area (Å²) < 4.78 is 0. The molecule has 0 bridgehead atoms. The van der Waals surface area contributed by atoms with Gasteiger partial charge in [-0.3, -0.25) is 9.69 Å². The van der Waals surface area contributed by atoms with Crippen molar-refractivity contribution in [3.63, 3.8) is 0 Å². The van der Waals surface area contributed by atoms with Crippen LogP contribution in [0.4, 0.5) is 5.69 Å². The van der Waals surface area contributed by atoms with Crippen LogP contribution in [-0.2, 0) is 4.79 Å². The van der Waals surface area contributed by atoms with E-state index in [2.05, 4.69) is 5.32 Å². The van der Waals surface area contributed by atoms with Crippen LogP contribution in [0.15, 0.2) is 18.2 Å². The maximum Gasteiger partial charge on any atom is 0.323 e. The van der Waals surface area contributed by atoms with Gasteiger partial charge in [-0.05, 0) is 51.9 Å². The number of likely N-dealkylation sites (N-methyl/N-ethyl adjacent to an activating group) is 1. The molecule has 0 heterocycles. The Bertz CT molecular complexity index is 473. The molecule has 0 aliphatic rings. The number of carbonyl (C=O) groups is 1. The number of hydrogen-bond acceptors (Lipinski definition) is 3. The van der Waals surface area contributed by atoms with E-state index in [0.29, 0.717) is 13.1 Å². The maximum absolute atomic E-state index is 11.8. The van der Waals surface area contributed by atoms with Gasteiger partial charge in [-0.25, -0.2) is 0 Å². The van der Waals surface area contributed by atoms with Gasteiger partial charge >= 0.3 is 5.97 Å². The molecule has 1 unspecified atom stereocenters. The first-order valence-electron chi connectivity index (χ1n) is 7.55.